The highest BCUT2D eigenvalue weighted by Gasteiger charge is 2.14. The molecule has 2 rings (SSSR count). The van der Waals surface area contributed by atoms with E-state index in [0.29, 0.717) is 25.7 Å². The van der Waals surface area contributed by atoms with E-state index in [-0.39, 0.29) is 5.91 Å². The van der Waals surface area contributed by atoms with Gasteiger partial charge in [0, 0.05) is 18.4 Å². The minimum absolute atomic E-state index is 0.0208. The Morgan fingerprint density at radius 2 is 2.10 bits per heavy atom. The van der Waals surface area contributed by atoms with Gasteiger partial charge in [-0.05, 0) is 32.0 Å². The summed E-state index contributed by atoms with van der Waals surface area (Å²) in [5.74, 6) is -0.0208. The topological polar surface area (TPSA) is 59.6 Å². The molecule has 0 radical (unpaired) electrons. The number of rotatable bonds is 7. The van der Waals surface area contributed by atoms with Gasteiger partial charge in [0.1, 0.15) is 0 Å². The molecular formula is C16H24N2O3. The summed E-state index contributed by atoms with van der Waals surface area (Å²) >= 11 is 0. The van der Waals surface area contributed by atoms with E-state index in [1.165, 1.54) is 0 Å². The molecule has 1 fully saturated rings. The molecule has 116 valence electrons. The van der Waals surface area contributed by atoms with Crippen molar-refractivity contribution in [2.24, 2.45) is 0 Å². The standard InChI is InChI=1S/C16H24N2O3/c1-20-12-13-4-2-3-5-15(13)18-16(19)8-11-21-14-6-9-17-10-7-14/h2-5,14,17H,6-12H2,1H3,(H,18,19). The van der Waals surface area contributed by atoms with Gasteiger partial charge in [-0.25, -0.2) is 0 Å². The molecule has 1 heterocycles. The SMILES string of the molecule is COCc1ccccc1NC(=O)CCOC1CCNCC1. The van der Waals surface area contributed by atoms with Crippen LogP contribution in [0.5, 0.6) is 0 Å². The maximum absolute atomic E-state index is 12.0. The number of carbonyl (C=O) groups is 1. The van der Waals surface area contributed by atoms with Crippen molar-refractivity contribution in [3.05, 3.63) is 29.8 Å². The van der Waals surface area contributed by atoms with Crippen LogP contribution in [0.4, 0.5) is 5.69 Å². The van der Waals surface area contributed by atoms with Gasteiger partial charge < -0.3 is 20.1 Å². The molecule has 1 aromatic carbocycles. The second-order valence-electron chi connectivity index (χ2n) is 5.21. The van der Waals surface area contributed by atoms with Crippen LogP contribution in [0.15, 0.2) is 24.3 Å². The number of amides is 1. The molecule has 1 aliphatic rings. The third-order valence-electron chi connectivity index (χ3n) is 3.56. The lowest BCUT2D eigenvalue weighted by Crippen LogP contribution is -2.33. The molecule has 0 spiro atoms. The Morgan fingerprint density at radius 1 is 1.33 bits per heavy atom. The number of piperidine rings is 1. The van der Waals surface area contributed by atoms with Gasteiger partial charge in [-0.3, -0.25) is 4.79 Å². The minimum Gasteiger partial charge on any atom is -0.380 e. The molecule has 0 aromatic heterocycles. The summed E-state index contributed by atoms with van der Waals surface area (Å²) in [7, 11) is 1.64. The molecule has 0 atom stereocenters. The van der Waals surface area contributed by atoms with Crippen molar-refractivity contribution in [1.29, 1.82) is 0 Å². The molecule has 1 saturated heterocycles. The molecule has 5 nitrogen and oxygen atoms in total. The van der Waals surface area contributed by atoms with Crippen LogP contribution in [-0.4, -0.2) is 38.8 Å². The number of anilines is 1. The average Bonchev–Trinajstić information content (AvgIpc) is 2.50. The zero-order valence-electron chi connectivity index (χ0n) is 12.6. The van der Waals surface area contributed by atoms with Gasteiger partial charge in [0.15, 0.2) is 0 Å². The molecule has 2 N–H and O–H groups in total. The highest BCUT2D eigenvalue weighted by atomic mass is 16.5. The number of benzene rings is 1. The fourth-order valence-electron chi connectivity index (χ4n) is 2.42. The van der Waals surface area contributed by atoms with E-state index < -0.39 is 0 Å². The number of para-hydroxylation sites is 1. The van der Waals surface area contributed by atoms with Gasteiger partial charge in [0.05, 0.1) is 25.7 Å². The molecule has 0 bridgehead atoms. The zero-order valence-corrected chi connectivity index (χ0v) is 12.6. The van der Waals surface area contributed by atoms with E-state index in [9.17, 15) is 4.79 Å². The molecule has 1 amide bonds. The third kappa shape index (κ3) is 5.46. The van der Waals surface area contributed by atoms with Gasteiger partial charge in [0.2, 0.25) is 5.91 Å². The molecule has 1 aromatic rings. The van der Waals surface area contributed by atoms with E-state index in [4.69, 9.17) is 9.47 Å². The quantitative estimate of drug-likeness (QED) is 0.806. The molecule has 0 aliphatic carbocycles. The van der Waals surface area contributed by atoms with Crippen molar-refractivity contribution in [3.8, 4) is 0 Å². The van der Waals surface area contributed by atoms with Gasteiger partial charge in [-0.1, -0.05) is 18.2 Å². The Balaban J connectivity index is 1.73. The van der Waals surface area contributed by atoms with Crippen LogP contribution in [0, 0.1) is 0 Å². The van der Waals surface area contributed by atoms with E-state index in [1.807, 2.05) is 24.3 Å². The van der Waals surface area contributed by atoms with Gasteiger partial charge in [-0.2, -0.15) is 0 Å². The predicted octanol–water partition coefficient (Wildman–Crippen LogP) is 1.93. The third-order valence-corrected chi connectivity index (χ3v) is 3.56. The fourth-order valence-corrected chi connectivity index (χ4v) is 2.42. The summed E-state index contributed by atoms with van der Waals surface area (Å²) in [4.78, 5) is 12.0. The lowest BCUT2D eigenvalue weighted by Gasteiger charge is -2.22. The Labute approximate surface area is 126 Å². The highest BCUT2D eigenvalue weighted by Crippen LogP contribution is 2.16. The monoisotopic (exact) mass is 292 g/mol. The van der Waals surface area contributed by atoms with E-state index in [2.05, 4.69) is 10.6 Å². The molecule has 0 saturated carbocycles. The maximum atomic E-state index is 12.0. The zero-order chi connectivity index (χ0) is 14.9. The van der Waals surface area contributed by atoms with Gasteiger partial charge >= 0.3 is 0 Å². The van der Waals surface area contributed by atoms with E-state index in [0.717, 1.165) is 37.2 Å². The summed E-state index contributed by atoms with van der Waals surface area (Å²) < 4.78 is 10.9. The Hall–Kier alpha value is -1.43. The van der Waals surface area contributed by atoms with E-state index >= 15 is 0 Å². The number of hydrogen-bond acceptors (Lipinski definition) is 4. The van der Waals surface area contributed by atoms with Gasteiger partial charge in [-0.15, -0.1) is 0 Å². The van der Waals surface area contributed by atoms with Crippen LogP contribution in [-0.2, 0) is 20.9 Å². The van der Waals surface area contributed by atoms with Gasteiger partial charge in [0.25, 0.3) is 0 Å². The summed E-state index contributed by atoms with van der Waals surface area (Å²) in [5, 5.41) is 6.22. The lowest BCUT2D eigenvalue weighted by atomic mass is 10.1. The Kier molecular flexibility index (Phi) is 6.66. The number of carbonyl (C=O) groups excluding carboxylic acids is 1. The van der Waals surface area contributed by atoms with Crippen molar-refractivity contribution >= 4 is 11.6 Å². The Morgan fingerprint density at radius 3 is 2.86 bits per heavy atom. The Bertz CT molecular complexity index is 445. The average molecular weight is 292 g/mol. The van der Waals surface area contributed by atoms with Crippen molar-refractivity contribution in [2.75, 3.05) is 32.1 Å². The molecular weight excluding hydrogens is 268 g/mol. The number of ether oxygens (including phenoxy) is 2. The fraction of sp³-hybridized carbons (Fsp3) is 0.562. The normalized spacial score (nSPS) is 15.9. The van der Waals surface area contributed by atoms with Crippen molar-refractivity contribution in [1.82, 2.24) is 5.32 Å². The first-order chi connectivity index (χ1) is 10.3. The smallest absolute Gasteiger partial charge is 0.226 e. The van der Waals surface area contributed by atoms with Crippen molar-refractivity contribution < 1.29 is 14.3 Å². The van der Waals surface area contributed by atoms with Crippen molar-refractivity contribution in [2.45, 2.75) is 32.0 Å². The first-order valence-corrected chi connectivity index (χ1v) is 7.48. The van der Waals surface area contributed by atoms with Crippen LogP contribution in [0.25, 0.3) is 0 Å². The minimum atomic E-state index is -0.0208. The number of hydrogen-bond donors (Lipinski definition) is 2. The largest absolute Gasteiger partial charge is 0.380 e. The first kappa shape index (κ1) is 15.9. The predicted molar refractivity (Wildman–Crippen MR) is 82.2 cm³/mol. The van der Waals surface area contributed by atoms with Crippen LogP contribution < -0.4 is 10.6 Å². The second-order valence-corrected chi connectivity index (χ2v) is 5.21. The number of nitrogens with one attached hydrogen (secondary N) is 2. The highest BCUT2D eigenvalue weighted by molar-refractivity contribution is 5.91. The summed E-state index contributed by atoms with van der Waals surface area (Å²) in [6, 6.07) is 7.68. The van der Waals surface area contributed by atoms with Crippen LogP contribution in [0.3, 0.4) is 0 Å². The molecule has 0 unspecified atom stereocenters. The molecule has 1 aliphatic heterocycles. The maximum Gasteiger partial charge on any atom is 0.226 e. The van der Waals surface area contributed by atoms with Crippen LogP contribution in [0.2, 0.25) is 0 Å². The first-order valence-electron chi connectivity index (χ1n) is 7.48. The van der Waals surface area contributed by atoms with Crippen LogP contribution in [0.1, 0.15) is 24.8 Å². The van der Waals surface area contributed by atoms with Crippen LogP contribution >= 0.6 is 0 Å². The summed E-state index contributed by atoms with van der Waals surface area (Å²) in [6.45, 7) is 2.97. The molecule has 21 heavy (non-hydrogen) atoms. The van der Waals surface area contributed by atoms with Crippen molar-refractivity contribution in [3.63, 3.8) is 0 Å². The van der Waals surface area contributed by atoms with E-state index in [1.54, 1.807) is 7.11 Å². The summed E-state index contributed by atoms with van der Waals surface area (Å²) in [6.07, 6.45) is 2.72. The summed E-state index contributed by atoms with van der Waals surface area (Å²) in [5.41, 5.74) is 1.79. The number of methoxy groups -OCH3 is 1. The molecule has 5 heteroatoms. The lowest BCUT2D eigenvalue weighted by molar-refractivity contribution is -0.117. The second kappa shape index (κ2) is 8.77.